The van der Waals surface area contributed by atoms with Crippen LogP contribution in [0.25, 0.3) is 0 Å². The molecule has 4 nitrogen and oxygen atoms in total. The normalized spacial score (nSPS) is 20.5. The summed E-state index contributed by atoms with van der Waals surface area (Å²) < 4.78 is 0. The molecule has 0 aliphatic heterocycles. The molecule has 1 aliphatic carbocycles. The number of hydrogen-bond acceptors (Lipinski definition) is 3. The molecule has 23 heavy (non-hydrogen) atoms. The van der Waals surface area contributed by atoms with Crippen molar-refractivity contribution in [3.05, 3.63) is 34.9 Å². The third-order valence-corrected chi connectivity index (χ3v) is 4.81. The Hall–Kier alpha value is -1.68. The third-order valence-electron chi connectivity index (χ3n) is 4.81. The number of hydrogen-bond donors (Lipinski definition) is 1. The molecular weight excluding hydrogens is 290 g/mol. The summed E-state index contributed by atoms with van der Waals surface area (Å²) in [6, 6.07) is 5.82. The van der Waals surface area contributed by atoms with Gasteiger partial charge in [-0.05, 0) is 38.3 Å². The lowest BCUT2D eigenvalue weighted by atomic mass is 9.99. The van der Waals surface area contributed by atoms with Crippen molar-refractivity contribution in [2.24, 2.45) is 5.92 Å². The van der Waals surface area contributed by atoms with E-state index in [1.807, 2.05) is 32.0 Å². The minimum Gasteiger partial charge on any atom is -0.393 e. The molecule has 2 unspecified atom stereocenters. The molecule has 2 atom stereocenters. The minimum atomic E-state index is -0.290. The molecule has 4 heteroatoms. The summed E-state index contributed by atoms with van der Waals surface area (Å²) in [5.41, 5.74) is 2.72. The Bertz CT molecular complexity index is 582. The van der Waals surface area contributed by atoms with Gasteiger partial charge in [-0.3, -0.25) is 9.59 Å². The summed E-state index contributed by atoms with van der Waals surface area (Å²) in [5.74, 6) is 0.176. The van der Waals surface area contributed by atoms with Crippen LogP contribution in [0.1, 0.15) is 53.6 Å². The third kappa shape index (κ3) is 4.64. The first-order valence-electron chi connectivity index (χ1n) is 8.41. The van der Waals surface area contributed by atoms with Crippen LogP contribution in [0, 0.1) is 19.8 Å². The minimum absolute atomic E-state index is 0.0221. The summed E-state index contributed by atoms with van der Waals surface area (Å²) in [6.45, 7) is 4.46. The van der Waals surface area contributed by atoms with E-state index >= 15 is 0 Å². The van der Waals surface area contributed by atoms with Crippen LogP contribution in [0.4, 0.5) is 0 Å². The first-order chi connectivity index (χ1) is 10.9. The van der Waals surface area contributed by atoms with Crippen LogP contribution in [0.2, 0.25) is 0 Å². The molecule has 2 rings (SSSR count). The van der Waals surface area contributed by atoms with Crippen molar-refractivity contribution in [2.75, 3.05) is 13.6 Å². The Morgan fingerprint density at radius 3 is 2.61 bits per heavy atom. The number of amides is 1. The highest BCUT2D eigenvalue weighted by Crippen LogP contribution is 2.26. The zero-order valence-corrected chi connectivity index (χ0v) is 14.3. The Morgan fingerprint density at radius 2 is 1.96 bits per heavy atom. The van der Waals surface area contributed by atoms with Crippen molar-refractivity contribution in [2.45, 2.75) is 52.1 Å². The average Bonchev–Trinajstić information content (AvgIpc) is 2.92. The number of carbonyl (C=O) groups is 2. The molecule has 1 aromatic rings. The lowest BCUT2D eigenvalue weighted by Gasteiger charge is -2.23. The Kier molecular flexibility index (Phi) is 5.94. The van der Waals surface area contributed by atoms with Crippen LogP contribution in [-0.2, 0) is 4.79 Å². The molecule has 0 heterocycles. The molecular formula is C19H27NO3. The van der Waals surface area contributed by atoms with Crippen molar-refractivity contribution < 1.29 is 14.7 Å². The number of rotatable bonds is 6. The molecule has 126 valence electrons. The van der Waals surface area contributed by atoms with E-state index in [1.54, 1.807) is 11.9 Å². The van der Waals surface area contributed by atoms with Gasteiger partial charge in [0.05, 0.1) is 6.10 Å². The van der Waals surface area contributed by atoms with E-state index in [9.17, 15) is 14.7 Å². The number of aryl methyl sites for hydroxylation is 2. The monoisotopic (exact) mass is 317 g/mol. The molecule has 0 bridgehead atoms. The second kappa shape index (κ2) is 7.73. The number of ketones is 1. The molecule has 1 aromatic carbocycles. The summed E-state index contributed by atoms with van der Waals surface area (Å²) in [6.07, 6.45) is 3.00. The summed E-state index contributed by atoms with van der Waals surface area (Å²) in [4.78, 5) is 26.2. The predicted molar refractivity (Wildman–Crippen MR) is 90.5 cm³/mol. The average molecular weight is 317 g/mol. The number of Topliss-reactive ketones (excluding diaryl/α,β-unsaturated/α-hetero) is 1. The molecule has 1 saturated carbocycles. The number of nitrogens with zero attached hydrogens (tertiary/aromatic N) is 1. The molecule has 0 aromatic heterocycles. The van der Waals surface area contributed by atoms with Gasteiger partial charge in [0.25, 0.3) is 0 Å². The zero-order chi connectivity index (χ0) is 17.0. The van der Waals surface area contributed by atoms with E-state index in [4.69, 9.17) is 0 Å². The molecule has 0 spiro atoms. The summed E-state index contributed by atoms with van der Waals surface area (Å²) in [5, 5.41) is 9.85. The number of carbonyl (C=O) groups excluding carboxylic acids is 2. The fraction of sp³-hybridized carbons (Fsp3) is 0.579. The van der Waals surface area contributed by atoms with Crippen LogP contribution in [0.3, 0.4) is 0 Å². The first-order valence-corrected chi connectivity index (χ1v) is 8.41. The van der Waals surface area contributed by atoms with E-state index in [2.05, 4.69) is 0 Å². The van der Waals surface area contributed by atoms with Gasteiger partial charge in [0.2, 0.25) is 5.91 Å². The number of benzene rings is 1. The van der Waals surface area contributed by atoms with Crippen molar-refractivity contribution in [3.8, 4) is 0 Å². The maximum absolute atomic E-state index is 12.3. The van der Waals surface area contributed by atoms with Gasteiger partial charge in [0.1, 0.15) is 0 Å². The van der Waals surface area contributed by atoms with E-state index in [0.717, 1.165) is 30.4 Å². The van der Waals surface area contributed by atoms with Gasteiger partial charge in [0, 0.05) is 37.9 Å². The molecule has 1 N–H and O–H groups in total. The Labute approximate surface area is 138 Å². The topological polar surface area (TPSA) is 57.6 Å². The number of aliphatic hydroxyl groups is 1. The zero-order valence-electron chi connectivity index (χ0n) is 14.3. The van der Waals surface area contributed by atoms with Crippen molar-refractivity contribution in [1.82, 2.24) is 4.90 Å². The van der Waals surface area contributed by atoms with E-state index < -0.39 is 0 Å². The quantitative estimate of drug-likeness (QED) is 0.821. The van der Waals surface area contributed by atoms with Crippen molar-refractivity contribution in [1.29, 1.82) is 0 Å². The second-order valence-electron chi connectivity index (χ2n) is 6.77. The van der Waals surface area contributed by atoms with Crippen LogP contribution in [0.15, 0.2) is 18.2 Å². The fourth-order valence-electron chi connectivity index (χ4n) is 3.27. The van der Waals surface area contributed by atoms with Crippen molar-refractivity contribution >= 4 is 11.7 Å². The van der Waals surface area contributed by atoms with Gasteiger partial charge in [0.15, 0.2) is 5.78 Å². The summed E-state index contributed by atoms with van der Waals surface area (Å²) in [7, 11) is 1.76. The molecule has 1 amide bonds. The highest BCUT2D eigenvalue weighted by atomic mass is 16.3. The van der Waals surface area contributed by atoms with E-state index in [-0.39, 0.29) is 36.6 Å². The van der Waals surface area contributed by atoms with Gasteiger partial charge in [-0.1, -0.05) is 24.1 Å². The molecule has 1 fully saturated rings. The van der Waals surface area contributed by atoms with E-state index in [1.165, 1.54) is 0 Å². The standard InChI is InChI=1S/C19H27NO3/c1-13-7-8-14(2)16(11-13)18(22)9-10-19(23)20(3)12-15-5-4-6-17(15)21/h7-8,11,15,17,21H,4-6,9-10,12H2,1-3H3. The van der Waals surface area contributed by atoms with Gasteiger partial charge in [-0.2, -0.15) is 0 Å². The van der Waals surface area contributed by atoms with Gasteiger partial charge in [-0.15, -0.1) is 0 Å². The van der Waals surface area contributed by atoms with Crippen LogP contribution < -0.4 is 0 Å². The maximum atomic E-state index is 12.3. The van der Waals surface area contributed by atoms with Gasteiger partial charge >= 0.3 is 0 Å². The van der Waals surface area contributed by atoms with Crippen LogP contribution in [-0.4, -0.2) is 41.4 Å². The summed E-state index contributed by atoms with van der Waals surface area (Å²) >= 11 is 0. The molecule has 0 radical (unpaired) electrons. The second-order valence-corrected chi connectivity index (χ2v) is 6.77. The Morgan fingerprint density at radius 1 is 1.22 bits per heavy atom. The van der Waals surface area contributed by atoms with Gasteiger partial charge < -0.3 is 10.0 Å². The van der Waals surface area contributed by atoms with Crippen molar-refractivity contribution in [3.63, 3.8) is 0 Å². The highest BCUT2D eigenvalue weighted by Gasteiger charge is 2.27. The van der Waals surface area contributed by atoms with E-state index in [0.29, 0.717) is 12.1 Å². The lowest BCUT2D eigenvalue weighted by molar-refractivity contribution is -0.130. The molecule has 1 aliphatic rings. The first kappa shape index (κ1) is 17.7. The van der Waals surface area contributed by atoms with Gasteiger partial charge in [-0.25, -0.2) is 0 Å². The molecule has 0 saturated heterocycles. The van der Waals surface area contributed by atoms with Crippen LogP contribution in [0.5, 0.6) is 0 Å². The number of aliphatic hydroxyl groups excluding tert-OH is 1. The highest BCUT2D eigenvalue weighted by molar-refractivity contribution is 5.99. The SMILES string of the molecule is Cc1ccc(C)c(C(=O)CCC(=O)N(C)CC2CCCC2O)c1. The fourth-order valence-corrected chi connectivity index (χ4v) is 3.27. The Balaban J connectivity index is 1.85. The predicted octanol–water partition coefficient (Wildman–Crippen LogP) is 2.89. The van der Waals surface area contributed by atoms with Crippen LogP contribution >= 0.6 is 0 Å². The maximum Gasteiger partial charge on any atom is 0.222 e. The lowest BCUT2D eigenvalue weighted by Crippen LogP contribution is -2.34. The smallest absolute Gasteiger partial charge is 0.222 e. The largest absolute Gasteiger partial charge is 0.393 e.